The predicted octanol–water partition coefficient (Wildman–Crippen LogP) is 1.59. The van der Waals surface area contributed by atoms with Crippen molar-refractivity contribution in [3.63, 3.8) is 0 Å². The fourth-order valence-corrected chi connectivity index (χ4v) is 3.46. The number of rotatable bonds is 3. The molecule has 0 radical (unpaired) electrons. The Morgan fingerprint density at radius 2 is 1.76 bits per heavy atom. The highest BCUT2D eigenvalue weighted by atomic mass is 15.3. The maximum atomic E-state index is 4.61. The number of anilines is 2. The van der Waals surface area contributed by atoms with Crippen LogP contribution in [-0.2, 0) is 0 Å². The van der Waals surface area contributed by atoms with Gasteiger partial charge in [-0.2, -0.15) is 0 Å². The van der Waals surface area contributed by atoms with Crippen molar-refractivity contribution in [1.29, 1.82) is 0 Å². The largest absolute Gasteiger partial charge is 0.353 e. The highest BCUT2D eigenvalue weighted by molar-refractivity contribution is 5.83. The Balaban J connectivity index is 1.38. The highest BCUT2D eigenvalue weighted by Gasteiger charge is 2.28. The van der Waals surface area contributed by atoms with Crippen LogP contribution >= 0.6 is 0 Å². The molecule has 2 fully saturated rings. The van der Waals surface area contributed by atoms with Gasteiger partial charge >= 0.3 is 0 Å². The topological polar surface area (TPSA) is 75.9 Å². The third-order valence-corrected chi connectivity index (χ3v) is 4.94. The van der Waals surface area contributed by atoms with Crippen molar-refractivity contribution < 1.29 is 0 Å². The number of imidazole rings is 1. The van der Waals surface area contributed by atoms with E-state index in [1.807, 2.05) is 25.5 Å². The van der Waals surface area contributed by atoms with Gasteiger partial charge < -0.3 is 14.4 Å². The normalized spacial score (nSPS) is 18.1. The highest BCUT2D eigenvalue weighted by Crippen LogP contribution is 2.37. The summed E-state index contributed by atoms with van der Waals surface area (Å²) >= 11 is 0. The summed E-state index contributed by atoms with van der Waals surface area (Å²) in [5.41, 5.74) is 1.88. The minimum atomic E-state index is 0.575. The molecule has 0 atom stereocenters. The van der Waals surface area contributed by atoms with Gasteiger partial charge in [0.25, 0.3) is 0 Å². The Kier molecular flexibility index (Phi) is 3.29. The quantitative estimate of drug-likeness (QED) is 0.719. The van der Waals surface area contributed by atoms with Crippen molar-refractivity contribution in [2.24, 2.45) is 0 Å². The molecule has 1 saturated heterocycles. The van der Waals surface area contributed by atoms with Crippen LogP contribution in [0.4, 0.5) is 11.6 Å². The second-order valence-corrected chi connectivity index (χ2v) is 6.69. The molecular weight excluding hydrogens is 316 g/mol. The van der Waals surface area contributed by atoms with Gasteiger partial charge in [0.05, 0.1) is 6.33 Å². The molecular formula is C17H20N8. The van der Waals surface area contributed by atoms with Gasteiger partial charge in [-0.3, -0.25) is 0 Å². The summed E-state index contributed by atoms with van der Waals surface area (Å²) in [6.07, 6.45) is 7.85. The van der Waals surface area contributed by atoms with Crippen LogP contribution in [0.2, 0.25) is 0 Å². The van der Waals surface area contributed by atoms with Crippen LogP contribution < -0.4 is 9.80 Å². The fourth-order valence-electron chi connectivity index (χ4n) is 3.46. The molecule has 3 aromatic heterocycles. The number of hydrogen-bond acceptors (Lipinski definition) is 7. The SMILES string of the molecule is Cc1nccc(N2CCN(c3ncnc4c3ncn4C3CC3)CC2)n1. The lowest BCUT2D eigenvalue weighted by molar-refractivity contribution is 0.641. The Morgan fingerprint density at radius 1 is 0.960 bits per heavy atom. The molecule has 2 aliphatic rings. The van der Waals surface area contributed by atoms with E-state index in [0.717, 1.165) is 54.8 Å². The zero-order valence-corrected chi connectivity index (χ0v) is 14.2. The second kappa shape index (κ2) is 5.65. The van der Waals surface area contributed by atoms with Crippen molar-refractivity contribution in [1.82, 2.24) is 29.5 Å². The van der Waals surface area contributed by atoms with E-state index in [9.17, 15) is 0 Å². The van der Waals surface area contributed by atoms with E-state index >= 15 is 0 Å². The smallest absolute Gasteiger partial charge is 0.165 e. The Morgan fingerprint density at radius 3 is 2.52 bits per heavy atom. The maximum absolute atomic E-state index is 4.61. The average Bonchev–Trinajstić information content (AvgIpc) is 3.40. The van der Waals surface area contributed by atoms with Gasteiger partial charge in [0.2, 0.25) is 0 Å². The summed E-state index contributed by atoms with van der Waals surface area (Å²) in [6, 6.07) is 2.55. The van der Waals surface area contributed by atoms with E-state index in [0.29, 0.717) is 6.04 Å². The minimum Gasteiger partial charge on any atom is -0.353 e. The molecule has 0 N–H and O–H groups in total. The fraction of sp³-hybridized carbons (Fsp3) is 0.471. The summed E-state index contributed by atoms with van der Waals surface area (Å²) in [4.78, 5) is 26.9. The number of aromatic nitrogens is 6. The molecule has 128 valence electrons. The predicted molar refractivity (Wildman–Crippen MR) is 94.8 cm³/mol. The Hall–Kier alpha value is -2.77. The number of nitrogens with zero attached hydrogens (tertiary/aromatic N) is 8. The maximum Gasteiger partial charge on any atom is 0.165 e. The molecule has 1 aliphatic carbocycles. The zero-order valence-electron chi connectivity index (χ0n) is 14.2. The van der Waals surface area contributed by atoms with E-state index in [2.05, 4.69) is 39.3 Å². The van der Waals surface area contributed by atoms with Gasteiger partial charge in [0.15, 0.2) is 17.0 Å². The second-order valence-electron chi connectivity index (χ2n) is 6.69. The van der Waals surface area contributed by atoms with Crippen molar-refractivity contribution >= 4 is 22.8 Å². The molecule has 4 heterocycles. The molecule has 5 rings (SSSR count). The number of hydrogen-bond donors (Lipinski definition) is 0. The van der Waals surface area contributed by atoms with Crippen LogP contribution in [0.3, 0.4) is 0 Å². The van der Waals surface area contributed by atoms with Gasteiger partial charge in [-0.05, 0) is 25.8 Å². The third kappa shape index (κ3) is 2.57. The van der Waals surface area contributed by atoms with Crippen LogP contribution in [0.5, 0.6) is 0 Å². The molecule has 0 bridgehead atoms. The van der Waals surface area contributed by atoms with E-state index in [1.54, 1.807) is 6.33 Å². The standard InChI is InChI=1S/C17H20N8/c1-12-18-5-4-14(22-12)23-6-8-24(9-7-23)16-15-17(20-10-19-16)25(11-21-15)13-2-3-13/h4-5,10-11,13H,2-3,6-9H2,1H3. The lowest BCUT2D eigenvalue weighted by Crippen LogP contribution is -2.47. The van der Waals surface area contributed by atoms with Crippen LogP contribution in [0.1, 0.15) is 24.7 Å². The first-order chi connectivity index (χ1) is 12.3. The van der Waals surface area contributed by atoms with Crippen molar-refractivity contribution in [3.8, 4) is 0 Å². The van der Waals surface area contributed by atoms with E-state index < -0.39 is 0 Å². The monoisotopic (exact) mass is 336 g/mol. The molecule has 1 saturated carbocycles. The Bertz CT molecular complexity index is 908. The van der Waals surface area contributed by atoms with E-state index in [-0.39, 0.29) is 0 Å². The molecule has 1 aliphatic heterocycles. The minimum absolute atomic E-state index is 0.575. The van der Waals surface area contributed by atoms with Crippen LogP contribution in [0, 0.1) is 6.92 Å². The van der Waals surface area contributed by atoms with Crippen molar-refractivity contribution in [2.45, 2.75) is 25.8 Å². The third-order valence-electron chi connectivity index (χ3n) is 4.94. The van der Waals surface area contributed by atoms with Gasteiger partial charge in [0, 0.05) is 38.4 Å². The number of aryl methyl sites for hydroxylation is 1. The molecule has 0 unspecified atom stereocenters. The van der Waals surface area contributed by atoms with Gasteiger partial charge in [-0.25, -0.2) is 24.9 Å². The molecule has 25 heavy (non-hydrogen) atoms. The molecule has 0 aromatic carbocycles. The van der Waals surface area contributed by atoms with Crippen molar-refractivity contribution in [3.05, 3.63) is 30.7 Å². The van der Waals surface area contributed by atoms with Crippen LogP contribution in [0.15, 0.2) is 24.9 Å². The van der Waals surface area contributed by atoms with Gasteiger partial charge in [-0.1, -0.05) is 0 Å². The summed E-state index contributed by atoms with van der Waals surface area (Å²) in [7, 11) is 0. The first-order valence-electron chi connectivity index (χ1n) is 8.77. The first kappa shape index (κ1) is 14.6. The van der Waals surface area contributed by atoms with Crippen LogP contribution in [0.25, 0.3) is 11.2 Å². The lowest BCUT2D eigenvalue weighted by Gasteiger charge is -2.36. The van der Waals surface area contributed by atoms with Gasteiger partial charge in [0.1, 0.15) is 18.0 Å². The summed E-state index contributed by atoms with van der Waals surface area (Å²) in [5.74, 6) is 2.75. The Labute approximate surface area is 145 Å². The van der Waals surface area contributed by atoms with Crippen molar-refractivity contribution in [2.75, 3.05) is 36.0 Å². The number of fused-ring (bicyclic) bond motifs is 1. The lowest BCUT2D eigenvalue weighted by atomic mass is 10.3. The summed E-state index contributed by atoms with van der Waals surface area (Å²) in [5, 5.41) is 0. The summed E-state index contributed by atoms with van der Waals surface area (Å²) in [6.45, 7) is 5.53. The van der Waals surface area contributed by atoms with E-state index in [1.165, 1.54) is 12.8 Å². The molecule has 8 heteroatoms. The first-order valence-corrected chi connectivity index (χ1v) is 8.77. The van der Waals surface area contributed by atoms with Gasteiger partial charge in [-0.15, -0.1) is 0 Å². The molecule has 3 aromatic rings. The van der Waals surface area contributed by atoms with Crippen LogP contribution in [-0.4, -0.2) is 55.7 Å². The zero-order chi connectivity index (χ0) is 16.8. The summed E-state index contributed by atoms with van der Waals surface area (Å²) < 4.78 is 2.19. The molecule has 0 amide bonds. The average molecular weight is 336 g/mol. The molecule has 0 spiro atoms. The molecule has 8 nitrogen and oxygen atoms in total. The number of piperazine rings is 1. The van der Waals surface area contributed by atoms with E-state index in [4.69, 9.17) is 0 Å².